The Bertz CT molecular complexity index is 772. The third-order valence-electron chi connectivity index (χ3n) is 4.63. The monoisotopic (exact) mass is 341 g/mol. The van der Waals surface area contributed by atoms with Gasteiger partial charge in [0.05, 0.1) is 11.0 Å². The quantitative estimate of drug-likeness (QED) is 0.494. The van der Waals surface area contributed by atoms with Gasteiger partial charge in [-0.3, -0.25) is 14.9 Å². The van der Waals surface area contributed by atoms with E-state index in [1.807, 2.05) is 6.92 Å². The summed E-state index contributed by atoms with van der Waals surface area (Å²) in [6, 6.07) is 6.11. The summed E-state index contributed by atoms with van der Waals surface area (Å²) >= 11 is 0. The van der Waals surface area contributed by atoms with E-state index in [4.69, 9.17) is 0 Å². The number of ketones is 1. The molecule has 1 aromatic rings. The molecule has 25 heavy (non-hydrogen) atoms. The van der Waals surface area contributed by atoms with Crippen LogP contribution in [0.25, 0.3) is 6.08 Å². The fraction of sp³-hybridized carbons (Fsp3) is 0.350. The van der Waals surface area contributed by atoms with Gasteiger partial charge in [0.2, 0.25) is 0 Å². The Balaban J connectivity index is 2.14. The van der Waals surface area contributed by atoms with Crippen LogP contribution in [-0.4, -0.2) is 21.9 Å². The molecule has 1 N–H and O–H groups in total. The zero-order valence-corrected chi connectivity index (χ0v) is 14.7. The fourth-order valence-electron chi connectivity index (χ4n) is 3.06. The van der Waals surface area contributed by atoms with Crippen LogP contribution in [0.3, 0.4) is 0 Å². The Labute approximate surface area is 147 Å². The number of nitrogens with zero attached hydrogens (tertiary/aromatic N) is 1. The van der Waals surface area contributed by atoms with Gasteiger partial charge in [0.15, 0.2) is 5.78 Å². The molecule has 1 aliphatic rings. The second-order valence-corrected chi connectivity index (χ2v) is 6.96. The van der Waals surface area contributed by atoms with Gasteiger partial charge in [0, 0.05) is 12.1 Å². The highest BCUT2D eigenvalue weighted by Gasteiger charge is 2.30. The molecule has 0 bridgehead atoms. The molecular weight excluding hydrogens is 318 g/mol. The molecule has 0 saturated carbocycles. The lowest BCUT2D eigenvalue weighted by Crippen LogP contribution is -2.27. The molecule has 5 nitrogen and oxygen atoms in total. The summed E-state index contributed by atoms with van der Waals surface area (Å²) in [7, 11) is 0. The lowest BCUT2D eigenvalue weighted by Gasteiger charge is -2.35. The largest absolute Gasteiger partial charge is 0.389 e. The van der Waals surface area contributed by atoms with Crippen molar-refractivity contribution in [2.24, 2.45) is 5.41 Å². The first kappa shape index (κ1) is 18.8. The third kappa shape index (κ3) is 4.73. The Morgan fingerprint density at radius 1 is 1.32 bits per heavy atom. The first-order valence-corrected chi connectivity index (χ1v) is 8.24. The molecule has 0 fully saturated rings. The van der Waals surface area contributed by atoms with Gasteiger partial charge in [0.25, 0.3) is 5.69 Å². The topological polar surface area (TPSA) is 80.4 Å². The van der Waals surface area contributed by atoms with Crippen molar-refractivity contribution in [2.45, 2.75) is 39.7 Å². The lowest BCUT2D eigenvalue weighted by atomic mass is 9.71. The van der Waals surface area contributed by atoms with Crippen molar-refractivity contribution < 1.29 is 14.8 Å². The Morgan fingerprint density at radius 3 is 2.68 bits per heavy atom. The van der Waals surface area contributed by atoms with E-state index in [1.54, 1.807) is 24.3 Å². The van der Waals surface area contributed by atoms with E-state index in [1.165, 1.54) is 24.3 Å². The highest BCUT2D eigenvalue weighted by Crippen LogP contribution is 2.40. The van der Waals surface area contributed by atoms with Crippen LogP contribution in [0.5, 0.6) is 0 Å². The van der Waals surface area contributed by atoms with Crippen LogP contribution in [0.2, 0.25) is 0 Å². The van der Waals surface area contributed by atoms with Gasteiger partial charge in [-0.15, -0.1) is 0 Å². The minimum atomic E-state index is -0.467. The molecule has 0 heterocycles. The van der Waals surface area contributed by atoms with Gasteiger partial charge < -0.3 is 5.11 Å². The molecule has 2 rings (SSSR count). The summed E-state index contributed by atoms with van der Waals surface area (Å²) in [5.74, 6) is -0.206. The maximum absolute atomic E-state index is 12.1. The molecule has 1 aromatic carbocycles. The van der Waals surface area contributed by atoms with Crippen molar-refractivity contribution in [1.29, 1.82) is 0 Å². The first-order chi connectivity index (χ1) is 11.7. The number of hydrogen-bond donors (Lipinski definition) is 1. The minimum absolute atomic E-state index is 0.0103. The summed E-state index contributed by atoms with van der Waals surface area (Å²) in [6.45, 7) is 6.10. The number of aliphatic hydroxyl groups is 1. The highest BCUT2D eigenvalue weighted by molar-refractivity contribution is 6.02. The molecule has 1 atom stereocenters. The molecule has 1 aliphatic carbocycles. The van der Waals surface area contributed by atoms with Crippen molar-refractivity contribution in [2.75, 3.05) is 0 Å². The number of benzene rings is 1. The number of hydrogen-bond acceptors (Lipinski definition) is 4. The average Bonchev–Trinajstić information content (AvgIpc) is 2.56. The van der Waals surface area contributed by atoms with E-state index in [-0.39, 0.29) is 16.9 Å². The molecular formula is C20H23NO4. The SMILES string of the molecule is CC1=C(/C=C/C(=O)/C=C/c2cccc([N+](=O)[O-])c2)C(C)(C)CCC1O. The van der Waals surface area contributed by atoms with E-state index >= 15 is 0 Å². The van der Waals surface area contributed by atoms with Crippen molar-refractivity contribution in [3.05, 3.63) is 69.3 Å². The van der Waals surface area contributed by atoms with E-state index in [9.17, 15) is 20.0 Å². The molecule has 132 valence electrons. The number of nitro benzene ring substituents is 1. The lowest BCUT2D eigenvalue weighted by molar-refractivity contribution is -0.384. The van der Waals surface area contributed by atoms with Crippen LogP contribution in [0, 0.1) is 15.5 Å². The molecule has 0 aromatic heterocycles. The van der Waals surface area contributed by atoms with Crippen molar-refractivity contribution in [1.82, 2.24) is 0 Å². The Morgan fingerprint density at radius 2 is 2.00 bits per heavy atom. The molecule has 5 heteroatoms. The number of aliphatic hydroxyl groups excluding tert-OH is 1. The van der Waals surface area contributed by atoms with Gasteiger partial charge in [-0.25, -0.2) is 0 Å². The van der Waals surface area contributed by atoms with Gasteiger partial charge in [0.1, 0.15) is 0 Å². The second kappa shape index (κ2) is 7.57. The Hall–Kier alpha value is -2.53. The predicted molar refractivity (Wildman–Crippen MR) is 98.0 cm³/mol. The standard InChI is InChI=1S/C20H23NO4/c1-14-18(20(2,3)12-11-19(14)23)10-9-17(22)8-7-15-5-4-6-16(13-15)21(24)25/h4-10,13,19,23H,11-12H2,1-3H3/b8-7+,10-9+. The van der Waals surface area contributed by atoms with Crippen molar-refractivity contribution in [3.63, 3.8) is 0 Å². The van der Waals surface area contributed by atoms with Crippen LogP contribution < -0.4 is 0 Å². The molecule has 0 amide bonds. The van der Waals surface area contributed by atoms with Crippen LogP contribution in [0.15, 0.2) is 53.6 Å². The van der Waals surface area contributed by atoms with E-state index in [0.717, 1.165) is 24.0 Å². The number of carbonyl (C=O) groups excluding carboxylic acids is 1. The van der Waals surface area contributed by atoms with Gasteiger partial charge in [-0.1, -0.05) is 38.1 Å². The normalized spacial score (nSPS) is 20.4. The van der Waals surface area contributed by atoms with Crippen molar-refractivity contribution in [3.8, 4) is 0 Å². The van der Waals surface area contributed by atoms with Crippen LogP contribution in [-0.2, 0) is 4.79 Å². The molecule has 0 aliphatic heterocycles. The third-order valence-corrected chi connectivity index (χ3v) is 4.63. The van der Waals surface area contributed by atoms with Crippen LogP contribution in [0.4, 0.5) is 5.69 Å². The smallest absolute Gasteiger partial charge is 0.270 e. The predicted octanol–water partition coefficient (Wildman–Crippen LogP) is 4.23. The van der Waals surface area contributed by atoms with Gasteiger partial charge in [-0.2, -0.15) is 0 Å². The van der Waals surface area contributed by atoms with Gasteiger partial charge in [-0.05, 0) is 54.0 Å². The summed E-state index contributed by atoms with van der Waals surface area (Å²) in [6.07, 6.45) is 7.34. The number of rotatable bonds is 5. The molecule has 0 saturated heterocycles. The minimum Gasteiger partial charge on any atom is -0.389 e. The maximum atomic E-state index is 12.1. The Kier molecular flexibility index (Phi) is 5.69. The first-order valence-electron chi connectivity index (χ1n) is 8.24. The summed E-state index contributed by atoms with van der Waals surface area (Å²) < 4.78 is 0. The number of non-ortho nitro benzene ring substituents is 1. The average molecular weight is 341 g/mol. The number of allylic oxidation sites excluding steroid dienone is 4. The summed E-state index contributed by atoms with van der Waals surface area (Å²) in [4.78, 5) is 22.4. The van der Waals surface area contributed by atoms with Crippen molar-refractivity contribution >= 4 is 17.5 Å². The van der Waals surface area contributed by atoms with E-state index in [2.05, 4.69) is 13.8 Å². The molecule has 1 unspecified atom stereocenters. The van der Waals surface area contributed by atoms with Gasteiger partial charge >= 0.3 is 0 Å². The highest BCUT2D eigenvalue weighted by atomic mass is 16.6. The molecule has 0 spiro atoms. The number of nitro groups is 1. The van der Waals surface area contributed by atoms with Crippen LogP contribution in [0.1, 0.15) is 39.2 Å². The zero-order valence-electron chi connectivity index (χ0n) is 14.7. The molecule has 0 radical (unpaired) electrons. The zero-order chi connectivity index (χ0) is 18.6. The van der Waals surface area contributed by atoms with E-state index < -0.39 is 11.0 Å². The summed E-state index contributed by atoms with van der Waals surface area (Å²) in [5.41, 5.74) is 2.40. The second-order valence-electron chi connectivity index (χ2n) is 6.96. The summed E-state index contributed by atoms with van der Waals surface area (Å²) in [5, 5.41) is 20.8. The maximum Gasteiger partial charge on any atom is 0.270 e. The van der Waals surface area contributed by atoms with Crippen LogP contribution >= 0.6 is 0 Å². The fourth-order valence-corrected chi connectivity index (χ4v) is 3.06. The number of carbonyl (C=O) groups is 1. The van der Waals surface area contributed by atoms with E-state index in [0.29, 0.717) is 5.56 Å².